The summed E-state index contributed by atoms with van der Waals surface area (Å²) in [7, 11) is 0. The molecule has 1 saturated heterocycles. The van der Waals surface area contributed by atoms with Gasteiger partial charge in [-0.25, -0.2) is 4.79 Å². The fraction of sp³-hybridized carbons (Fsp3) is 0.407. The lowest BCUT2D eigenvalue weighted by Gasteiger charge is -2.38. The van der Waals surface area contributed by atoms with Gasteiger partial charge in [0.15, 0.2) is 0 Å². The minimum atomic E-state index is -5.08. The van der Waals surface area contributed by atoms with E-state index in [1.165, 1.54) is 5.56 Å². The Hall–Kier alpha value is -4.13. The fourth-order valence-electron chi connectivity index (χ4n) is 4.65. The van der Waals surface area contributed by atoms with Crippen molar-refractivity contribution in [1.29, 1.82) is 0 Å². The highest BCUT2D eigenvalue weighted by molar-refractivity contribution is 5.73. The van der Waals surface area contributed by atoms with Crippen molar-refractivity contribution >= 4 is 11.9 Å². The predicted octanol–water partition coefficient (Wildman–Crippen LogP) is 4.46. The minimum Gasteiger partial charge on any atom is -0.492 e. The number of benzene rings is 2. The van der Waals surface area contributed by atoms with E-state index in [2.05, 4.69) is 21.1 Å². The van der Waals surface area contributed by atoms with Crippen LogP contribution in [0.15, 0.2) is 47.0 Å². The van der Waals surface area contributed by atoms with Crippen molar-refractivity contribution in [1.82, 2.24) is 15.0 Å². The third-order valence-corrected chi connectivity index (χ3v) is 6.87. The summed E-state index contributed by atoms with van der Waals surface area (Å²) >= 11 is 0. The van der Waals surface area contributed by atoms with Crippen LogP contribution in [-0.2, 0) is 21.6 Å². The number of likely N-dealkylation sites (tertiary alicyclic amines) is 1. The molecule has 3 heterocycles. The van der Waals surface area contributed by atoms with Gasteiger partial charge in [0, 0.05) is 36.1 Å². The standard InChI is InChI=1S/C25H27N3O5.C2HF3O2/c1-17-26-24(27-33-17)19-4-2-18(3-5-19)15-31-20-6-7-21-22(14-20)32-16-25(21)9-12-28(13-10-25)11-8-23(29)30;3-2(4,5)1(6)7/h2-7,14H,8-13,15-16H2,1H3,(H,29,30);(H,6,7). The van der Waals surface area contributed by atoms with E-state index in [1.54, 1.807) is 6.92 Å². The van der Waals surface area contributed by atoms with Crippen LogP contribution in [0.2, 0.25) is 0 Å². The van der Waals surface area contributed by atoms with Crippen LogP contribution in [0.25, 0.3) is 11.4 Å². The van der Waals surface area contributed by atoms with Gasteiger partial charge in [0.1, 0.15) is 18.1 Å². The van der Waals surface area contributed by atoms with Crippen LogP contribution in [-0.4, -0.2) is 69.6 Å². The monoisotopic (exact) mass is 563 g/mol. The smallest absolute Gasteiger partial charge is 0.490 e. The normalized spacial score (nSPS) is 16.0. The molecule has 0 unspecified atom stereocenters. The van der Waals surface area contributed by atoms with Crippen molar-refractivity contribution in [3.63, 3.8) is 0 Å². The van der Waals surface area contributed by atoms with Gasteiger partial charge in [0.05, 0.1) is 13.0 Å². The van der Waals surface area contributed by atoms with Crippen molar-refractivity contribution in [2.45, 2.75) is 44.4 Å². The van der Waals surface area contributed by atoms with Crippen LogP contribution in [0.5, 0.6) is 11.5 Å². The molecule has 0 amide bonds. The van der Waals surface area contributed by atoms with Gasteiger partial charge in [-0.2, -0.15) is 18.2 Å². The molecule has 2 aromatic carbocycles. The summed E-state index contributed by atoms with van der Waals surface area (Å²) in [6, 6.07) is 14.0. The quantitative estimate of drug-likeness (QED) is 0.424. The first-order chi connectivity index (χ1) is 18.9. The van der Waals surface area contributed by atoms with Crippen LogP contribution < -0.4 is 9.47 Å². The number of fused-ring (bicyclic) bond motifs is 2. The zero-order chi connectivity index (χ0) is 28.9. The molecular formula is C27H28F3N3O7. The molecule has 0 aliphatic carbocycles. The summed E-state index contributed by atoms with van der Waals surface area (Å²) < 4.78 is 48.9. The SMILES string of the molecule is Cc1nc(-c2ccc(COc3ccc4c(c3)OCC43CCN(CCC(=O)O)CC3)cc2)no1.O=C(O)C(F)(F)F. The summed E-state index contributed by atoms with van der Waals surface area (Å²) in [5, 5.41) is 20.0. The molecule has 1 spiro atoms. The van der Waals surface area contributed by atoms with E-state index in [9.17, 15) is 18.0 Å². The van der Waals surface area contributed by atoms with E-state index >= 15 is 0 Å². The third kappa shape index (κ3) is 7.08. The largest absolute Gasteiger partial charge is 0.492 e. The predicted molar refractivity (Wildman–Crippen MR) is 134 cm³/mol. The fourth-order valence-corrected chi connectivity index (χ4v) is 4.65. The first kappa shape index (κ1) is 28.9. The number of alkyl halides is 3. The number of carbonyl (C=O) groups is 2. The molecular weight excluding hydrogens is 535 g/mol. The maximum Gasteiger partial charge on any atom is 0.490 e. The number of hydrogen-bond acceptors (Lipinski definition) is 8. The lowest BCUT2D eigenvalue weighted by atomic mass is 9.74. The van der Waals surface area contributed by atoms with E-state index in [-0.39, 0.29) is 11.8 Å². The second-order valence-electron chi connectivity index (χ2n) is 9.64. The number of halogens is 3. The highest BCUT2D eigenvalue weighted by Gasteiger charge is 2.43. The molecule has 1 aromatic heterocycles. The number of carboxylic acids is 2. The van der Waals surface area contributed by atoms with Gasteiger partial charge in [0.2, 0.25) is 11.7 Å². The Morgan fingerprint density at radius 2 is 1.77 bits per heavy atom. The average molecular weight is 564 g/mol. The summed E-state index contributed by atoms with van der Waals surface area (Å²) in [6.07, 6.45) is -2.93. The second kappa shape index (κ2) is 11.9. The van der Waals surface area contributed by atoms with Gasteiger partial charge >= 0.3 is 18.1 Å². The number of carboxylic acid groups (broad SMARTS) is 2. The van der Waals surface area contributed by atoms with Gasteiger partial charge in [-0.3, -0.25) is 4.79 Å². The number of piperidine rings is 1. The molecule has 2 aliphatic heterocycles. The summed E-state index contributed by atoms with van der Waals surface area (Å²) in [5.41, 5.74) is 3.22. The van der Waals surface area contributed by atoms with Gasteiger partial charge in [-0.15, -0.1) is 0 Å². The Kier molecular flexibility index (Phi) is 8.62. The summed E-state index contributed by atoms with van der Waals surface area (Å²) in [4.78, 5) is 26.2. The van der Waals surface area contributed by atoms with Crippen LogP contribution in [0.3, 0.4) is 0 Å². The Bertz CT molecular complexity index is 1330. The van der Waals surface area contributed by atoms with Gasteiger partial charge in [-0.1, -0.05) is 35.5 Å². The molecule has 2 aliphatic rings. The number of nitrogens with zero attached hydrogens (tertiary/aromatic N) is 3. The van der Waals surface area contributed by atoms with Crippen molar-refractivity contribution in [3.8, 4) is 22.9 Å². The molecule has 2 N–H and O–H groups in total. The summed E-state index contributed by atoms with van der Waals surface area (Å²) in [5.74, 6) is -0.695. The number of ether oxygens (including phenoxy) is 2. The number of aryl methyl sites for hydroxylation is 1. The van der Waals surface area contributed by atoms with Crippen molar-refractivity contribution < 1.29 is 47.0 Å². The molecule has 1 fully saturated rings. The van der Waals surface area contributed by atoms with Crippen LogP contribution in [0.4, 0.5) is 13.2 Å². The molecule has 0 saturated carbocycles. The van der Waals surface area contributed by atoms with Gasteiger partial charge < -0.3 is 29.1 Å². The van der Waals surface area contributed by atoms with E-state index in [0.29, 0.717) is 31.5 Å². The zero-order valence-corrected chi connectivity index (χ0v) is 21.6. The first-order valence-corrected chi connectivity index (χ1v) is 12.5. The molecule has 5 rings (SSSR count). The molecule has 40 heavy (non-hydrogen) atoms. The Morgan fingerprint density at radius 3 is 2.35 bits per heavy atom. The number of aromatic nitrogens is 2. The van der Waals surface area contributed by atoms with E-state index in [4.69, 9.17) is 29.0 Å². The minimum absolute atomic E-state index is 0.0247. The number of aliphatic carboxylic acids is 2. The van der Waals surface area contributed by atoms with Gasteiger partial charge in [-0.05, 0) is 37.6 Å². The molecule has 3 aromatic rings. The lowest BCUT2D eigenvalue weighted by molar-refractivity contribution is -0.192. The van der Waals surface area contributed by atoms with Crippen LogP contribution in [0, 0.1) is 6.92 Å². The topological polar surface area (TPSA) is 135 Å². The maximum atomic E-state index is 10.8. The molecule has 10 nitrogen and oxygen atoms in total. The molecule has 0 atom stereocenters. The van der Waals surface area contributed by atoms with Crippen LogP contribution in [0.1, 0.15) is 36.3 Å². The van der Waals surface area contributed by atoms with Gasteiger partial charge in [0.25, 0.3) is 0 Å². The zero-order valence-electron chi connectivity index (χ0n) is 21.6. The summed E-state index contributed by atoms with van der Waals surface area (Å²) in [6.45, 7) is 5.30. The lowest BCUT2D eigenvalue weighted by Crippen LogP contribution is -2.44. The Morgan fingerprint density at radius 1 is 1.10 bits per heavy atom. The first-order valence-electron chi connectivity index (χ1n) is 12.5. The third-order valence-electron chi connectivity index (χ3n) is 6.87. The van der Waals surface area contributed by atoms with Crippen molar-refractivity contribution in [2.75, 3.05) is 26.2 Å². The van der Waals surface area contributed by atoms with Crippen molar-refractivity contribution in [2.24, 2.45) is 0 Å². The van der Waals surface area contributed by atoms with E-state index in [0.717, 1.165) is 48.6 Å². The molecule has 13 heteroatoms. The number of hydrogen-bond donors (Lipinski definition) is 2. The Labute approximate surface area is 227 Å². The van der Waals surface area contributed by atoms with E-state index in [1.807, 2.05) is 36.4 Å². The van der Waals surface area contributed by atoms with Crippen LogP contribution >= 0.6 is 0 Å². The molecule has 214 valence electrons. The highest BCUT2D eigenvalue weighted by atomic mass is 19.4. The second-order valence-corrected chi connectivity index (χ2v) is 9.64. The maximum absolute atomic E-state index is 10.8. The number of rotatable bonds is 7. The molecule has 0 bridgehead atoms. The highest BCUT2D eigenvalue weighted by Crippen LogP contribution is 2.46. The van der Waals surface area contributed by atoms with Crippen molar-refractivity contribution in [3.05, 3.63) is 59.5 Å². The van der Waals surface area contributed by atoms with E-state index < -0.39 is 18.1 Å². The Balaban J connectivity index is 0.000000470. The average Bonchev–Trinajstić information content (AvgIpc) is 3.51. The molecule has 0 radical (unpaired) electrons.